The summed E-state index contributed by atoms with van der Waals surface area (Å²) in [4.78, 5) is 0. The lowest BCUT2D eigenvalue weighted by molar-refractivity contribution is 1.17. The van der Waals surface area contributed by atoms with Gasteiger partial charge in [-0.25, -0.2) is 0 Å². The molecule has 2 heterocycles. The Labute approximate surface area is 333 Å². The molecule has 0 N–H and O–H groups in total. The van der Waals surface area contributed by atoms with E-state index in [0.717, 1.165) is 5.69 Å². The summed E-state index contributed by atoms with van der Waals surface area (Å²) >= 11 is 0. The fourth-order valence-corrected chi connectivity index (χ4v) is 14.5. The summed E-state index contributed by atoms with van der Waals surface area (Å²) in [5, 5.41) is 10.4. The van der Waals surface area contributed by atoms with E-state index in [1.807, 2.05) is 0 Å². The molecule has 2 aromatic heterocycles. The summed E-state index contributed by atoms with van der Waals surface area (Å²) in [6.07, 6.45) is 0. The summed E-state index contributed by atoms with van der Waals surface area (Å²) in [6, 6.07) is 85.3. The summed E-state index contributed by atoms with van der Waals surface area (Å²) in [5.41, 5.74) is 9.58. The molecular weight excluding hydrogens is 705 g/mol. The second kappa shape index (κ2) is 13.5. The number of para-hydroxylation sites is 3. The third-order valence-corrected chi connectivity index (χ3v) is 16.7. The zero-order valence-electron chi connectivity index (χ0n) is 31.3. The molecule has 2 nitrogen and oxygen atoms in total. The highest BCUT2D eigenvalue weighted by atomic mass is 28.3. The Bertz CT molecular complexity index is 3110. The van der Waals surface area contributed by atoms with Crippen LogP contribution in [0.4, 0.5) is 0 Å². The minimum Gasteiger partial charge on any atom is -0.309 e. The highest BCUT2D eigenvalue weighted by Crippen LogP contribution is 2.41. The first-order chi connectivity index (χ1) is 28.3. The van der Waals surface area contributed by atoms with Gasteiger partial charge in [0.05, 0.1) is 27.8 Å². The molecule has 11 aromatic rings. The lowest BCUT2D eigenvalue weighted by atomic mass is 10.0. The number of benzene rings is 9. The molecule has 0 bridgehead atoms. The molecule has 3 heteroatoms. The Kier molecular flexibility index (Phi) is 7.87. The average Bonchev–Trinajstić information content (AvgIpc) is 3.82. The highest BCUT2D eigenvalue weighted by Gasteiger charge is 2.43. The molecule has 0 saturated carbocycles. The van der Waals surface area contributed by atoms with Gasteiger partial charge in [-0.1, -0.05) is 188 Å². The molecule has 0 spiro atoms. The van der Waals surface area contributed by atoms with Crippen molar-refractivity contribution in [1.29, 1.82) is 0 Å². The van der Waals surface area contributed by atoms with Crippen molar-refractivity contribution in [3.05, 3.63) is 231 Å². The van der Waals surface area contributed by atoms with Crippen molar-refractivity contribution in [2.45, 2.75) is 0 Å². The zero-order chi connectivity index (χ0) is 37.8. The van der Waals surface area contributed by atoms with Crippen LogP contribution < -0.4 is 20.7 Å². The van der Waals surface area contributed by atoms with E-state index in [-0.39, 0.29) is 0 Å². The second-order valence-corrected chi connectivity index (χ2v) is 18.6. The van der Waals surface area contributed by atoms with Gasteiger partial charge in [0.15, 0.2) is 8.07 Å². The monoisotopic (exact) mass is 742 g/mol. The molecule has 0 fully saturated rings. The molecule has 0 radical (unpaired) electrons. The van der Waals surface area contributed by atoms with Crippen LogP contribution >= 0.6 is 0 Å². The third kappa shape index (κ3) is 5.10. The van der Waals surface area contributed by atoms with Crippen molar-refractivity contribution in [2.75, 3.05) is 0 Å². The first-order valence-corrected chi connectivity index (χ1v) is 21.7. The van der Waals surface area contributed by atoms with E-state index >= 15 is 0 Å². The normalized spacial score (nSPS) is 11.9. The molecule has 0 atom stereocenters. The fraction of sp³-hybridized carbons (Fsp3) is 0. The first kappa shape index (κ1) is 33.2. The van der Waals surface area contributed by atoms with Crippen molar-refractivity contribution in [3.63, 3.8) is 0 Å². The Morgan fingerprint density at radius 1 is 0.316 bits per heavy atom. The molecule has 57 heavy (non-hydrogen) atoms. The lowest BCUT2D eigenvalue weighted by Gasteiger charge is -2.35. The maximum absolute atomic E-state index is 2.96. The van der Waals surface area contributed by atoms with Gasteiger partial charge in [0.25, 0.3) is 0 Å². The fourth-order valence-electron chi connectivity index (χ4n) is 9.50. The van der Waals surface area contributed by atoms with Crippen molar-refractivity contribution < 1.29 is 0 Å². The smallest absolute Gasteiger partial charge is 0.181 e. The lowest BCUT2D eigenvalue weighted by Crippen LogP contribution is -2.75. The quantitative estimate of drug-likeness (QED) is 0.114. The van der Waals surface area contributed by atoms with Gasteiger partial charge in [-0.3, -0.25) is 0 Å². The van der Waals surface area contributed by atoms with Crippen LogP contribution in [0.1, 0.15) is 0 Å². The molecule has 0 aliphatic carbocycles. The Morgan fingerprint density at radius 2 is 0.825 bits per heavy atom. The number of rotatable bonds is 7. The molecule has 11 rings (SSSR count). The van der Waals surface area contributed by atoms with Gasteiger partial charge in [-0.2, -0.15) is 0 Å². The molecular formula is C54H38N2Si. The van der Waals surface area contributed by atoms with Gasteiger partial charge in [0.2, 0.25) is 0 Å². The molecule has 0 unspecified atom stereocenters. The summed E-state index contributed by atoms with van der Waals surface area (Å²) in [5.74, 6) is 0. The largest absolute Gasteiger partial charge is 0.309 e. The Hall–Kier alpha value is -7.20. The van der Waals surface area contributed by atoms with E-state index in [0.29, 0.717) is 0 Å². The van der Waals surface area contributed by atoms with E-state index in [1.54, 1.807) is 0 Å². The number of fused-ring (bicyclic) bond motifs is 6. The molecule has 0 amide bonds. The van der Waals surface area contributed by atoms with Gasteiger partial charge in [0.1, 0.15) is 0 Å². The van der Waals surface area contributed by atoms with Crippen LogP contribution in [0, 0.1) is 0 Å². The summed E-state index contributed by atoms with van der Waals surface area (Å²) in [6.45, 7) is 0. The maximum Gasteiger partial charge on any atom is 0.181 e. The predicted molar refractivity (Wildman–Crippen MR) is 244 cm³/mol. The van der Waals surface area contributed by atoms with Crippen LogP contribution in [0.25, 0.3) is 66.1 Å². The standard InChI is InChI=1S/C54H38N2Si/c1-6-20-39(21-7-1)40-36-37-49-47(38-40)45-31-18-35-52(57(42-24-10-3-11-25-42,43-26-12-4-13-27-43)44-28-14-5-15-29-44)54(45)56(49)51-34-19-33-50-53(51)46-30-16-17-32-48(46)55(50)41-22-8-2-9-23-41/h1-38H. The number of hydrogen-bond acceptors (Lipinski definition) is 0. The van der Waals surface area contributed by atoms with Crippen LogP contribution in [0.5, 0.6) is 0 Å². The van der Waals surface area contributed by atoms with Crippen LogP contribution in [0.3, 0.4) is 0 Å². The molecule has 0 aliphatic rings. The van der Waals surface area contributed by atoms with Gasteiger partial charge >= 0.3 is 0 Å². The molecule has 0 saturated heterocycles. The molecule has 268 valence electrons. The number of aromatic nitrogens is 2. The Morgan fingerprint density at radius 3 is 1.47 bits per heavy atom. The van der Waals surface area contributed by atoms with Crippen LogP contribution in [0.2, 0.25) is 0 Å². The second-order valence-electron chi connectivity index (χ2n) is 14.8. The van der Waals surface area contributed by atoms with Crippen LogP contribution in [0.15, 0.2) is 231 Å². The average molecular weight is 743 g/mol. The third-order valence-electron chi connectivity index (χ3n) is 11.8. The zero-order valence-corrected chi connectivity index (χ0v) is 32.3. The van der Waals surface area contributed by atoms with E-state index in [9.17, 15) is 0 Å². The predicted octanol–water partition coefficient (Wildman–Crippen LogP) is 10.9. The Balaban J connectivity index is 1.35. The van der Waals surface area contributed by atoms with E-state index in [1.165, 1.54) is 81.2 Å². The number of hydrogen-bond donors (Lipinski definition) is 0. The molecule has 0 aliphatic heterocycles. The van der Waals surface area contributed by atoms with Crippen LogP contribution in [-0.4, -0.2) is 17.2 Å². The minimum atomic E-state index is -2.96. The van der Waals surface area contributed by atoms with Crippen molar-refractivity contribution in [2.24, 2.45) is 0 Å². The number of nitrogens with zero attached hydrogens (tertiary/aromatic N) is 2. The van der Waals surface area contributed by atoms with Crippen molar-refractivity contribution >= 4 is 72.4 Å². The van der Waals surface area contributed by atoms with Gasteiger partial charge in [0, 0.05) is 27.2 Å². The SMILES string of the molecule is c1ccc(-c2ccc3c(c2)c2cccc([Si](c4ccccc4)(c4ccccc4)c4ccccc4)c2n3-c2cccc3c2c2ccccc2n3-c2ccccc2)cc1. The molecule has 9 aromatic carbocycles. The maximum atomic E-state index is 2.61. The van der Waals surface area contributed by atoms with E-state index in [4.69, 9.17) is 0 Å². The van der Waals surface area contributed by atoms with Gasteiger partial charge in [-0.15, -0.1) is 0 Å². The highest BCUT2D eigenvalue weighted by molar-refractivity contribution is 7.20. The topological polar surface area (TPSA) is 9.86 Å². The summed E-state index contributed by atoms with van der Waals surface area (Å²) in [7, 11) is -2.96. The van der Waals surface area contributed by atoms with Crippen molar-refractivity contribution in [3.8, 4) is 22.5 Å². The van der Waals surface area contributed by atoms with E-state index in [2.05, 4.69) is 240 Å². The van der Waals surface area contributed by atoms with E-state index < -0.39 is 8.07 Å². The summed E-state index contributed by atoms with van der Waals surface area (Å²) < 4.78 is 5.03. The van der Waals surface area contributed by atoms with Crippen molar-refractivity contribution in [1.82, 2.24) is 9.13 Å². The van der Waals surface area contributed by atoms with Crippen LogP contribution in [-0.2, 0) is 0 Å². The first-order valence-electron chi connectivity index (χ1n) is 19.7. The van der Waals surface area contributed by atoms with Gasteiger partial charge in [-0.05, 0) is 74.3 Å². The minimum absolute atomic E-state index is 1.15. The van der Waals surface area contributed by atoms with Gasteiger partial charge < -0.3 is 9.13 Å².